The van der Waals surface area contributed by atoms with Crippen molar-refractivity contribution in [1.82, 2.24) is 10.2 Å². The summed E-state index contributed by atoms with van der Waals surface area (Å²) in [4.78, 5) is 40.2. The fraction of sp³-hybridized carbons (Fsp3) is 0.240. The quantitative estimate of drug-likeness (QED) is 0.521. The van der Waals surface area contributed by atoms with Crippen LogP contribution in [0.25, 0.3) is 10.8 Å². The average molecular weight is 400 g/mol. The Morgan fingerprint density at radius 2 is 1.60 bits per heavy atom. The lowest BCUT2D eigenvalue weighted by Crippen LogP contribution is -2.41. The Kier molecular flexibility index (Phi) is 4.69. The molecule has 3 amide bonds. The molecule has 0 aliphatic carbocycles. The van der Waals surface area contributed by atoms with Crippen molar-refractivity contribution in [3.63, 3.8) is 0 Å². The highest BCUT2D eigenvalue weighted by molar-refractivity contribution is 6.13. The summed E-state index contributed by atoms with van der Waals surface area (Å²) < 4.78 is 0. The summed E-state index contributed by atoms with van der Waals surface area (Å²) in [6.45, 7) is 7.14. The number of Topliss-reactive ketones (excluding diaryl/α,β-unsaturated/α-hetero) is 1. The molecule has 1 aliphatic heterocycles. The van der Waals surface area contributed by atoms with Gasteiger partial charge in [-0.15, -0.1) is 0 Å². The maximum absolute atomic E-state index is 13.4. The van der Waals surface area contributed by atoms with Crippen molar-refractivity contribution in [2.75, 3.05) is 6.54 Å². The van der Waals surface area contributed by atoms with Crippen molar-refractivity contribution >= 4 is 28.5 Å². The summed E-state index contributed by atoms with van der Waals surface area (Å²) in [5.41, 5.74) is 2.83. The number of ketones is 1. The molecule has 1 N–H and O–H groups in total. The molecule has 0 saturated carbocycles. The number of nitrogens with one attached hydrogen (secondary N) is 1. The Morgan fingerprint density at radius 3 is 2.30 bits per heavy atom. The molecular weight excluding hydrogens is 376 g/mol. The molecule has 1 atom stereocenters. The summed E-state index contributed by atoms with van der Waals surface area (Å²) >= 11 is 0. The van der Waals surface area contributed by atoms with Gasteiger partial charge in [0.05, 0.1) is 6.54 Å². The second-order valence-corrected chi connectivity index (χ2v) is 8.17. The van der Waals surface area contributed by atoms with Crippen molar-refractivity contribution in [3.8, 4) is 0 Å². The van der Waals surface area contributed by atoms with Gasteiger partial charge < -0.3 is 5.32 Å². The lowest BCUT2D eigenvalue weighted by Gasteiger charge is -2.24. The van der Waals surface area contributed by atoms with Crippen LogP contribution in [0.15, 0.2) is 54.6 Å². The van der Waals surface area contributed by atoms with Crippen LogP contribution in [0.3, 0.4) is 0 Å². The molecule has 1 unspecified atom stereocenters. The lowest BCUT2D eigenvalue weighted by atomic mass is 9.87. The predicted octanol–water partition coefficient (Wildman–Crippen LogP) is 4.41. The second kappa shape index (κ2) is 7.10. The highest BCUT2D eigenvalue weighted by Gasteiger charge is 2.50. The van der Waals surface area contributed by atoms with E-state index in [1.54, 1.807) is 6.92 Å². The largest absolute Gasteiger partial charge is 0.325 e. The Morgan fingerprint density at radius 1 is 0.967 bits per heavy atom. The Hall–Kier alpha value is -3.47. The molecule has 1 fully saturated rings. The number of imide groups is 1. The van der Waals surface area contributed by atoms with Gasteiger partial charge in [-0.2, -0.15) is 0 Å². The second-order valence-electron chi connectivity index (χ2n) is 8.17. The molecule has 3 aromatic rings. The van der Waals surface area contributed by atoms with Crippen LogP contribution in [-0.2, 0) is 10.3 Å². The first-order valence-corrected chi connectivity index (χ1v) is 9.96. The molecule has 1 aliphatic rings. The maximum Gasteiger partial charge on any atom is 0.325 e. The molecule has 30 heavy (non-hydrogen) atoms. The standard InChI is InChI=1S/C25H24N2O3/c1-15-12-16(2)22(17(3)13-15)21(28)14-27-23(29)25(4,26-24(27)30)20-11-7-9-18-8-5-6-10-19(18)20/h5-13H,14H2,1-4H3,(H,26,30). The van der Waals surface area contributed by atoms with E-state index >= 15 is 0 Å². The maximum atomic E-state index is 13.4. The van der Waals surface area contributed by atoms with Crippen LogP contribution in [0.1, 0.15) is 39.5 Å². The number of hydrogen-bond donors (Lipinski definition) is 1. The minimum atomic E-state index is -1.23. The smallest absolute Gasteiger partial charge is 0.319 e. The van der Waals surface area contributed by atoms with Gasteiger partial charge in [0.2, 0.25) is 0 Å². The molecule has 0 aromatic heterocycles. The van der Waals surface area contributed by atoms with E-state index in [-0.39, 0.29) is 12.3 Å². The third-order valence-corrected chi connectivity index (χ3v) is 5.86. The minimum Gasteiger partial charge on any atom is -0.319 e. The van der Waals surface area contributed by atoms with Gasteiger partial charge in [-0.25, -0.2) is 4.79 Å². The Labute approximate surface area is 175 Å². The van der Waals surface area contributed by atoms with Gasteiger partial charge >= 0.3 is 6.03 Å². The average Bonchev–Trinajstić information content (AvgIpc) is 2.90. The number of nitrogens with zero attached hydrogens (tertiary/aromatic N) is 1. The number of aryl methyl sites for hydroxylation is 3. The highest BCUT2D eigenvalue weighted by Crippen LogP contribution is 2.34. The topological polar surface area (TPSA) is 66.5 Å². The van der Waals surface area contributed by atoms with Gasteiger partial charge in [0, 0.05) is 5.56 Å². The number of benzene rings is 3. The first-order chi connectivity index (χ1) is 14.2. The molecule has 0 bridgehead atoms. The van der Waals surface area contributed by atoms with Crippen LogP contribution < -0.4 is 5.32 Å². The third-order valence-electron chi connectivity index (χ3n) is 5.86. The van der Waals surface area contributed by atoms with Crippen molar-refractivity contribution in [3.05, 3.63) is 82.4 Å². The minimum absolute atomic E-state index is 0.240. The summed E-state index contributed by atoms with van der Waals surface area (Å²) in [5.74, 6) is -0.657. The van der Waals surface area contributed by atoms with Gasteiger partial charge in [-0.3, -0.25) is 14.5 Å². The van der Waals surface area contributed by atoms with Gasteiger partial charge in [-0.05, 0) is 55.2 Å². The van der Waals surface area contributed by atoms with Crippen LogP contribution >= 0.6 is 0 Å². The molecule has 0 radical (unpaired) electrons. The first-order valence-electron chi connectivity index (χ1n) is 9.96. The zero-order valence-corrected chi connectivity index (χ0v) is 17.6. The number of amides is 3. The first kappa shape index (κ1) is 19.8. The van der Waals surface area contributed by atoms with Gasteiger partial charge in [0.25, 0.3) is 5.91 Å². The zero-order chi connectivity index (χ0) is 21.6. The van der Waals surface area contributed by atoms with Gasteiger partial charge in [0.1, 0.15) is 5.54 Å². The summed E-state index contributed by atoms with van der Waals surface area (Å²) in [5, 5.41) is 4.70. The SMILES string of the molecule is Cc1cc(C)c(C(=O)CN2C(=O)NC(C)(c3cccc4ccccc34)C2=O)c(C)c1. The summed E-state index contributed by atoms with van der Waals surface area (Å²) in [6, 6.07) is 16.7. The predicted molar refractivity (Wildman–Crippen MR) is 117 cm³/mol. The van der Waals surface area contributed by atoms with Crippen LogP contribution in [0.5, 0.6) is 0 Å². The molecule has 0 spiro atoms. The molecular formula is C25H24N2O3. The normalized spacial score (nSPS) is 18.7. The Bertz CT molecular complexity index is 1190. The molecule has 1 heterocycles. The van der Waals surface area contributed by atoms with Gasteiger partial charge in [0.15, 0.2) is 5.78 Å². The van der Waals surface area contributed by atoms with Crippen LogP contribution in [-0.4, -0.2) is 29.2 Å². The number of hydrogen-bond acceptors (Lipinski definition) is 3. The van der Waals surface area contributed by atoms with Crippen LogP contribution in [0.4, 0.5) is 4.79 Å². The van der Waals surface area contributed by atoms with E-state index in [1.165, 1.54) is 0 Å². The summed E-state index contributed by atoms with van der Waals surface area (Å²) in [6.07, 6.45) is 0. The van der Waals surface area contributed by atoms with Crippen LogP contribution in [0.2, 0.25) is 0 Å². The number of carbonyl (C=O) groups is 3. The van der Waals surface area contributed by atoms with E-state index in [4.69, 9.17) is 0 Å². The van der Waals surface area contributed by atoms with Crippen molar-refractivity contribution < 1.29 is 14.4 Å². The van der Waals surface area contributed by atoms with E-state index in [1.807, 2.05) is 75.4 Å². The molecule has 5 heteroatoms. The number of fused-ring (bicyclic) bond motifs is 1. The number of urea groups is 1. The van der Waals surface area contributed by atoms with Gasteiger partial charge in [-0.1, -0.05) is 60.2 Å². The monoisotopic (exact) mass is 400 g/mol. The summed E-state index contributed by atoms with van der Waals surface area (Å²) in [7, 11) is 0. The van der Waals surface area contributed by atoms with Crippen LogP contribution in [0, 0.1) is 20.8 Å². The molecule has 4 rings (SSSR count). The van der Waals surface area contributed by atoms with E-state index in [2.05, 4.69) is 5.32 Å². The van der Waals surface area contributed by atoms with E-state index in [0.29, 0.717) is 5.56 Å². The molecule has 1 saturated heterocycles. The highest BCUT2D eigenvalue weighted by atomic mass is 16.2. The fourth-order valence-corrected chi connectivity index (χ4v) is 4.53. The molecule has 152 valence electrons. The van der Waals surface area contributed by atoms with E-state index < -0.39 is 17.5 Å². The fourth-order valence-electron chi connectivity index (χ4n) is 4.53. The number of rotatable bonds is 4. The van der Waals surface area contributed by atoms with E-state index in [9.17, 15) is 14.4 Å². The van der Waals surface area contributed by atoms with Crippen molar-refractivity contribution in [2.45, 2.75) is 33.2 Å². The number of carbonyl (C=O) groups excluding carboxylic acids is 3. The molecule has 3 aromatic carbocycles. The third kappa shape index (κ3) is 3.07. The molecule has 5 nitrogen and oxygen atoms in total. The van der Waals surface area contributed by atoms with Crippen molar-refractivity contribution in [1.29, 1.82) is 0 Å². The Balaban J connectivity index is 1.69. The van der Waals surface area contributed by atoms with Crippen molar-refractivity contribution in [2.24, 2.45) is 0 Å². The van der Waals surface area contributed by atoms with E-state index in [0.717, 1.165) is 37.9 Å². The zero-order valence-electron chi connectivity index (χ0n) is 17.6. The lowest BCUT2D eigenvalue weighted by molar-refractivity contribution is -0.130.